The Balaban J connectivity index is 1.59. The standard InChI is InChI=1S/C28H41N3O8/c1-4-10-31(39-13-5-2)25(33)17-30-16-20(19-14-22(36-3)27-23(15-19)37-18-38-27)26(28(34)35)21(30)8-6-11-29-12-7-9-24(29)32/h14-15,20-21,26H,4-13,16-18H2,1-3H3,(H,34,35)/t20-,21+,26-/m1/s1. The van der Waals surface area contributed by atoms with Crippen LogP contribution in [0, 0.1) is 5.92 Å². The van der Waals surface area contributed by atoms with Crippen molar-refractivity contribution in [1.82, 2.24) is 14.9 Å². The monoisotopic (exact) mass is 547 g/mol. The summed E-state index contributed by atoms with van der Waals surface area (Å²) in [7, 11) is 1.54. The zero-order chi connectivity index (χ0) is 27.9. The minimum Gasteiger partial charge on any atom is -0.493 e. The smallest absolute Gasteiger partial charge is 0.308 e. The van der Waals surface area contributed by atoms with E-state index < -0.39 is 17.8 Å². The molecular weight excluding hydrogens is 506 g/mol. The average molecular weight is 548 g/mol. The second-order valence-electron chi connectivity index (χ2n) is 10.4. The number of hydrogen-bond donors (Lipinski definition) is 1. The van der Waals surface area contributed by atoms with E-state index in [1.165, 1.54) is 12.2 Å². The number of carboxylic acids is 1. The Hall–Kier alpha value is -3.05. The SMILES string of the molecule is CCCON(CCC)C(=O)CN1C[C@H](c2cc(OC)c3c(c2)OCO3)[C@@H](C(=O)O)[C@@H]1CCCN1CCCC1=O. The van der Waals surface area contributed by atoms with Gasteiger partial charge in [-0.2, -0.15) is 0 Å². The maximum absolute atomic E-state index is 13.3. The lowest BCUT2D eigenvalue weighted by Crippen LogP contribution is -2.44. The number of hydrogen-bond acceptors (Lipinski definition) is 8. The number of carboxylic acid groups (broad SMARTS) is 1. The van der Waals surface area contributed by atoms with Gasteiger partial charge in [0.15, 0.2) is 11.5 Å². The minimum atomic E-state index is -0.915. The summed E-state index contributed by atoms with van der Waals surface area (Å²) in [6.45, 7) is 6.73. The third-order valence-electron chi connectivity index (χ3n) is 7.74. The lowest BCUT2D eigenvalue weighted by atomic mass is 9.83. The second-order valence-corrected chi connectivity index (χ2v) is 10.4. The Bertz CT molecular complexity index is 1030. The summed E-state index contributed by atoms with van der Waals surface area (Å²) >= 11 is 0. The first-order chi connectivity index (χ1) is 18.9. The number of ether oxygens (including phenoxy) is 3. The van der Waals surface area contributed by atoms with Crippen molar-refractivity contribution in [2.75, 3.05) is 53.2 Å². The molecule has 3 aliphatic heterocycles. The largest absolute Gasteiger partial charge is 0.493 e. The van der Waals surface area contributed by atoms with Gasteiger partial charge in [0.1, 0.15) is 0 Å². The van der Waals surface area contributed by atoms with Gasteiger partial charge in [0.2, 0.25) is 18.4 Å². The summed E-state index contributed by atoms with van der Waals surface area (Å²) in [6, 6.07) is 3.25. The number of carbonyl (C=O) groups excluding carboxylic acids is 2. The molecule has 0 bridgehead atoms. The fourth-order valence-corrected chi connectivity index (χ4v) is 5.90. The number of methoxy groups -OCH3 is 1. The van der Waals surface area contributed by atoms with Crippen molar-refractivity contribution in [3.8, 4) is 17.2 Å². The molecule has 0 unspecified atom stereocenters. The molecule has 0 radical (unpaired) electrons. The van der Waals surface area contributed by atoms with Crippen LogP contribution < -0.4 is 14.2 Å². The molecule has 3 aliphatic rings. The third kappa shape index (κ3) is 6.58. The highest BCUT2D eigenvalue weighted by Gasteiger charge is 2.47. The van der Waals surface area contributed by atoms with E-state index in [1.54, 1.807) is 0 Å². The Morgan fingerprint density at radius 2 is 2.03 bits per heavy atom. The molecule has 2 saturated heterocycles. The quantitative estimate of drug-likeness (QED) is 0.351. The van der Waals surface area contributed by atoms with E-state index in [2.05, 4.69) is 0 Å². The number of carbonyl (C=O) groups is 3. The number of fused-ring (bicyclic) bond motifs is 1. The molecule has 216 valence electrons. The van der Waals surface area contributed by atoms with E-state index in [9.17, 15) is 19.5 Å². The van der Waals surface area contributed by atoms with Crippen LogP contribution in [0.15, 0.2) is 12.1 Å². The molecule has 1 aromatic carbocycles. The van der Waals surface area contributed by atoms with Crippen LogP contribution in [0.3, 0.4) is 0 Å². The van der Waals surface area contributed by atoms with Crippen LogP contribution in [0.4, 0.5) is 0 Å². The number of aliphatic carboxylic acids is 1. The fraction of sp³-hybridized carbons (Fsp3) is 0.679. The van der Waals surface area contributed by atoms with Gasteiger partial charge in [-0.3, -0.25) is 24.1 Å². The van der Waals surface area contributed by atoms with E-state index in [0.29, 0.717) is 62.8 Å². The summed E-state index contributed by atoms with van der Waals surface area (Å²) in [6.07, 6.45) is 4.17. The topological polar surface area (TPSA) is 118 Å². The summed E-state index contributed by atoms with van der Waals surface area (Å²) in [5, 5.41) is 11.9. The van der Waals surface area contributed by atoms with Gasteiger partial charge in [0.25, 0.3) is 5.91 Å². The zero-order valence-electron chi connectivity index (χ0n) is 23.2. The van der Waals surface area contributed by atoms with Crippen LogP contribution in [0.2, 0.25) is 0 Å². The van der Waals surface area contributed by atoms with Crippen molar-refractivity contribution in [2.45, 2.75) is 64.3 Å². The maximum Gasteiger partial charge on any atom is 0.308 e. The number of benzene rings is 1. The Morgan fingerprint density at radius 1 is 1.21 bits per heavy atom. The molecule has 1 aromatic rings. The maximum atomic E-state index is 13.3. The molecule has 3 heterocycles. The molecule has 11 nitrogen and oxygen atoms in total. The van der Waals surface area contributed by atoms with Crippen molar-refractivity contribution in [1.29, 1.82) is 0 Å². The van der Waals surface area contributed by atoms with Crippen LogP contribution in [0.1, 0.15) is 63.9 Å². The van der Waals surface area contributed by atoms with Gasteiger partial charge in [0.05, 0.1) is 26.2 Å². The number of hydroxylamine groups is 2. The molecule has 0 aliphatic carbocycles. The van der Waals surface area contributed by atoms with Crippen LogP contribution >= 0.6 is 0 Å². The summed E-state index contributed by atoms with van der Waals surface area (Å²) in [5.74, 6) is -0.578. The van der Waals surface area contributed by atoms with Crippen LogP contribution in [0.25, 0.3) is 0 Å². The number of rotatable bonds is 14. The van der Waals surface area contributed by atoms with Gasteiger partial charge >= 0.3 is 5.97 Å². The van der Waals surface area contributed by atoms with E-state index in [1.807, 2.05) is 35.8 Å². The molecule has 0 saturated carbocycles. The van der Waals surface area contributed by atoms with Crippen molar-refractivity contribution >= 4 is 17.8 Å². The van der Waals surface area contributed by atoms with Crippen LogP contribution in [0.5, 0.6) is 17.2 Å². The van der Waals surface area contributed by atoms with Gasteiger partial charge in [-0.25, -0.2) is 5.06 Å². The van der Waals surface area contributed by atoms with Gasteiger partial charge in [-0.05, 0) is 49.8 Å². The summed E-state index contributed by atoms with van der Waals surface area (Å²) < 4.78 is 16.7. The molecule has 11 heteroatoms. The first kappa shape index (κ1) is 28.9. The lowest BCUT2D eigenvalue weighted by molar-refractivity contribution is -0.188. The first-order valence-corrected chi connectivity index (χ1v) is 14.0. The fourth-order valence-electron chi connectivity index (χ4n) is 5.90. The molecule has 3 atom stereocenters. The highest BCUT2D eigenvalue weighted by atomic mass is 16.7. The molecule has 1 N–H and O–H groups in total. The Labute approximate surface area is 229 Å². The molecule has 2 fully saturated rings. The average Bonchev–Trinajstić information content (AvgIpc) is 3.65. The first-order valence-electron chi connectivity index (χ1n) is 14.0. The summed E-state index contributed by atoms with van der Waals surface area (Å²) in [4.78, 5) is 47.8. The lowest BCUT2D eigenvalue weighted by Gasteiger charge is -2.29. The van der Waals surface area contributed by atoms with E-state index in [-0.39, 0.29) is 31.2 Å². The molecule has 0 aromatic heterocycles. The molecule has 4 rings (SSSR count). The Kier molecular flexibility index (Phi) is 9.90. The van der Waals surface area contributed by atoms with E-state index in [4.69, 9.17) is 19.0 Å². The predicted molar refractivity (Wildman–Crippen MR) is 142 cm³/mol. The zero-order valence-corrected chi connectivity index (χ0v) is 23.2. The van der Waals surface area contributed by atoms with Gasteiger partial charge in [0, 0.05) is 44.6 Å². The van der Waals surface area contributed by atoms with Gasteiger partial charge in [-0.1, -0.05) is 13.8 Å². The predicted octanol–water partition coefficient (Wildman–Crippen LogP) is 2.88. The normalized spacial score (nSPS) is 22.5. The second kappa shape index (κ2) is 13.3. The highest BCUT2D eigenvalue weighted by molar-refractivity contribution is 5.79. The molecule has 39 heavy (non-hydrogen) atoms. The Morgan fingerprint density at radius 3 is 2.69 bits per heavy atom. The third-order valence-corrected chi connectivity index (χ3v) is 7.74. The van der Waals surface area contributed by atoms with Gasteiger partial charge in [-0.15, -0.1) is 0 Å². The van der Waals surface area contributed by atoms with Crippen molar-refractivity contribution in [2.24, 2.45) is 5.92 Å². The highest BCUT2D eigenvalue weighted by Crippen LogP contribution is 2.47. The number of likely N-dealkylation sites (tertiary alicyclic amines) is 2. The molecular formula is C28H41N3O8. The van der Waals surface area contributed by atoms with Crippen LogP contribution in [-0.2, 0) is 19.2 Å². The van der Waals surface area contributed by atoms with Crippen molar-refractivity contribution in [3.63, 3.8) is 0 Å². The number of amides is 2. The molecule has 2 amide bonds. The van der Waals surface area contributed by atoms with E-state index >= 15 is 0 Å². The van der Waals surface area contributed by atoms with Crippen molar-refractivity contribution < 1.29 is 38.5 Å². The van der Waals surface area contributed by atoms with Gasteiger partial charge < -0.3 is 24.2 Å². The summed E-state index contributed by atoms with van der Waals surface area (Å²) in [5.41, 5.74) is 0.769. The van der Waals surface area contributed by atoms with E-state index in [0.717, 1.165) is 31.4 Å². The molecule has 0 spiro atoms. The minimum absolute atomic E-state index is 0.0546. The number of nitrogens with zero attached hydrogens (tertiary/aromatic N) is 3. The van der Waals surface area contributed by atoms with Crippen LogP contribution in [-0.4, -0.2) is 97.0 Å². The van der Waals surface area contributed by atoms with Crippen molar-refractivity contribution in [3.05, 3.63) is 17.7 Å².